The number of halogens is 1. The predicted octanol–water partition coefficient (Wildman–Crippen LogP) is 5.32. The van der Waals surface area contributed by atoms with Crippen LogP contribution in [0.2, 0.25) is 5.02 Å². The van der Waals surface area contributed by atoms with Crippen LogP contribution in [0.5, 0.6) is 5.75 Å². The van der Waals surface area contributed by atoms with Crippen LogP contribution in [0.15, 0.2) is 72.8 Å². The summed E-state index contributed by atoms with van der Waals surface area (Å²) in [5.74, 6) is -1.14. The second-order valence-corrected chi connectivity index (χ2v) is 8.67. The molecule has 1 heterocycles. The van der Waals surface area contributed by atoms with E-state index in [1.165, 1.54) is 4.90 Å². The standard InChI is InChI=1S/C27H26ClNO5/c1-33-16-19-14-23(27(31)32)29(25(19)21-10-6-7-11-22(21)28)26(30)18-12-13-20(24(15-18)34-2)17-8-4-3-5-9-17/h3-13,15,19,23,25H,14,16H2,1-2H3,(H,31,32)/t19-,23+,25-/m1/s1. The quantitative estimate of drug-likeness (QED) is 0.496. The zero-order valence-electron chi connectivity index (χ0n) is 19.0. The molecule has 1 amide bonds. The molecule has 0 aliphatic carbocycles. The number of carbonyl (C=O) groups is 2. The summed E-state index contributed by atoms with van der Waals surface area (Å²) < 4.78 is 11.0. The van der Waals surface area contributed by atoms with E-state index >= 15 is 0 Å². The maximum atomic E-state index is 13.8. The summed E-state index contributed by atoms with van der Waals surface area (Å²) in [5.41, 5.74) is 2.85. The highest BCUT2D eigenvalue weighted by atomic mass is 35.5. The molecule has 0 saturated carbocycles. The SMILES string of the molecule is COC[C@H]1C[C@@H](C(=O)O)N(C(=O)c2ccc(-c3ccccc3)c(OC)c2)[C@H]1c1ccccc1Cl. The van der Waals surface area contributed by atoms with Gasteiger partial charge < -0.3 is 19.5 Å². The fourth-order valence-electron chi connectivity index (χ4n) is 4.76. The number of carbonyl (C=O) groups excluding carboxylic acids is 1. The van der Waals surface area contributed by atoms with Crippen LogP contribution in [0.1, 0.15) is 28.4 Å². The van der Waals surface area contributed by atoms with Crippen molar-refractivity contribution in [3.05, 3.63) is 88.9 Å². The van der Waals surface area contributed by atoms with E-state index < -0.39 is 24.0 Å². The molecule has 0 radical (unpaired) electrons. The molecule has 34 heavy (non-hydrogen) atoms. The predicted molar refractivity (Wildman–Crippen MR) is 130 cm³/mol. The van der Waals surface area contributed by atoms with Gasteiger partial charge in [-0.15, -0.1) is 0 Å². The number of carboxylic acids is 1. The summed E-state index contributed by atoms with van der Waals surface area (Å²) in [6.07, 6.45) is 0.268. The zero-order chi connectivity index (χ0) is 24.2. The van der Waals surface area contributed by atoms with Crippen molar-refractivity contribution in [2.45, 2.75) is 18.5 Å². The summed E-state index contributed by atoms with van der Waals surface area (Å²) in [6, 6.07) is 20.6. The first kappa shape index (κ1) is 23.8. The third-order valence-corrected chi connectivity index (χ3v) is 6.61. The Kier molecular flexibility index (Phi) is 7.20. The smallest absolute Gasteiger partial charge is 0.326 e. The second-order valence-electron chi connectivity index (χ2n) is 8.27. The van der Waals surface area contributed by atoms with Crippen LogP contribution in [-0.2, 0) is 9.53 Å². The fraction of sp³-hybridized carbons (Fsp3) is 0.259. The van der Waals surface area contributed by atoms with Crippen LogP contribution in [0.4, 0.5) is 0 Å². The van der Waals surface area contributed by atoms with E-state index in [1.54, 1.807) is 38.5 Å². The Labute approximate surface area is 203 Å². The minimum absolute atomic E-state index is 0.222. The van der Waals surface area contributed by atoms with E-state index in [0.717, 1.165) is 11.1 Å². The second kappa shape index (κ2) is 10.3. The maximum Gasteiger partial charge on any atom is 0.326 e. The first-order chi connectivity index (χ1) is 16.5. The Balaban J connectivity index is 1.78. The van der Waals surface area contributed by atoms with Crippen LogP contribution < -0.4 is 4.74 Å². The summed E-state index contributed by atoms with van der Waals surface area (Å²) in [4.78, 5) is 27.5. The van der Waals surface area contributed by atoms with Crippen LogP contribution in [0.25, 0.3) is 11.1 Å². The van der Waals surface area contributed by atoms with Crippen molar-refractivity contribution in [3.8, 4) is 16.9 Å². The molecule has 0 spiro atoms. The monoisotopic (exact) mass is 479 g/mol. The maximum absolute atomic E-state index is 13.8. The molecule has 0 aromatic heterocycles. The van der Waals surface area contributed by atoms with Gasteiger partial charge in [0.1, 0.15) is 11.8 Å². The van der Waals surface area contributed by atoms with E-state index in [0.29, 0.717) is 28.5 Å². The number of hydrogen-bond acceptors (Lipinski definition) is 4. The molecule has 3 aromatic rings. The summed E-state index contributed by atoms with van der Waals surface area (Å²) in [7, 11) is 3.12. The van der Waals surface area contributed by atoms with Crippen molar-refractivity contribution in [2.75, 3.05) is 20.8 Å². The first-order valence-corrected chi connectivity index (χ1v) is 11.4. The third-order valence-electron chi connectivity index (χ3n) is 6.27. The third kappa shape index (κ3) is 4.52. The highest BCUT2D eigenvalue weighted by Gasteiger charge is 2.48. The number of amides is 1. The lowest BCUT2D eigenvalue weighted by atomic mass is 9.93. The van der Waals surface area contributed by atoms with Crippen molar-refractivity contribution in [1.29, 1.82) is 0 Å². The highest BCUT2D eigenvalue weighted by molar-refractivity contribution is 6.31. The molecule has 3 aromatic carbocycles. The largest absolute Gasteiger partial charge is 0.496 e. The molecule has 4 rings (SSSR count). The number of nitrogens with zero attached hydrogens (tertiary/aromatic N) is 1. The molecular formula is C27H26ClNO5. The lowest BCUT2D eigenvalue weighted by molar-refractivity contribution is -0.141. The van der Waals surface area contributed by atoms with Crippen LogP contribution in [-0.4, -0.2) is 48.8 Å². The van der Waals surface area contributed by atoms with E-state index in [9.17, 15) is 14.7 Å². The minimum atomic E-state index is -1.06. The van der Waals surface area contributed by atoms with Crippen molar-refractivity contribution in [3.63, 3.8) is 0 Å². The molecular weight excluding hydrogens is 454 g/mol. The van der Waals surface area contributed by atoms with Gasteiger partial charge in [0.2, 0.25) is 0 Å². The molecule has 3 atom stereocenters. The van der Waals surface area contributed by atoms with Crippen molar-refractivity contribution in [2.24, 2.45) is 5.92 Å². The molecule has 1 aliphatic heterocycles. The Morgan fingerprint density at radius 2 is 1.74 bits per heavy atom. The molecule has 1 fully saturated rings. The number of likely N-dealkylation sites (tertiary alicyclic amines) is 1. The van der Waals surface area contributed by atoms with Gasteiger partial charge in [-0.2, -0.15) is 0 Å². The number of hydrogen-bond donors (Lipinski definition) is 1. The first-order valence-electron chi connectivity index (χ1n) is 11.0. The zero-order valence-corrected chi connectivity index (χ0v) is 19.7. The van der Waals surface area contributed by atoms with Crippen molar-refractivity contribution < 1.29 is 24.2 Å². The molecule has 0 unspecified atom stereocenters. The van der Waals surface area contributed by atoms with Crippen molar-refractivity contribution in [1.82, 2.24) is 4.90 Å². The van der Waals surface area contributed by atoms with Gasteiger partial charge in [0.05, 0.1) is 19.8 Å². The number of rotatable bonds is 7. The topological polar surface area (TPSA) is 76.1 Å². The lowest BCUT2D eigenvalue weighted by Crippen LogP contribution is -2.42. The Morgan fingerprint density at radius 1 is 1.03 bits per heavy atom. The van der Waals surface area contributed by atoms with E-state index in [2.05, 4.69) is 0 Å². The highest BCUT2D eigenvalue weighted by Crippen LogP contribution is 2.45. The van der Waals surface area contributed by atoms with E-state index in [-0.39, 0.29) is 12.3 Å². The number of methoxy groups -OCH3 is 2. The molecule has 7 heteroatoms. The van der Waals surface area contributed by atoms with Gasteiger partial charge in [-0.3, -0.25) is 4.79 Å². The average molecular weight is 480 g/mol. The van der Waals surface area contributed by atoms with E-state index in [1.807, 2.05) is 48.5 Å². The molecule has 0 bridgehead atoms. The lowest BCUT2D eigenvalue weighted by Gasteiger charge is -2.31. The van der Waals surface area contributed by atoms with Crippen LogP contribution in [0.3, 0.4) is 0 Å². The van der Waals surface area contributed by atoms with Crippen LogP contribution >= 0.6 is 11.6 Å². The van der Waals surface area contributed by atoms with Gasteiger partial charge in [-0.25, -0.2) is 4.79 Å². The van der Waals surface area contributed by atoms with E-state index in [4.69, 9.17) is 21.1 Å². The van der Waals surface area contributed by atoms with Gasteiger partial charge in [-0.05, 0) is 41.8 Å². The van der Waals surface area contributed by atoms with Crippen molar-refractivity contribution >= 4 is 23.5 Å². The van der Waals surface area contributed by atoms with Gasteiger partial charge in [-0.1, -0.05) is 60.1 Å². The Hall–Kier alpha value is -3.35. The number of carboxylic acid groups (broad SMARTS) is 1. The summed E-state index contributed by atoms with van der Waals surface area (Å²) in [6.45, 7) is 0.305. The molecule has 1 saturated heterocycles. The number of aliphatic carboxylic acids is 1. The summed E-state index contributed by atoms with van der Waals surface area (Å²) in [5, 5.41) is 10.5. The van der Waals surface area contributed by atoms with Crippen LogP contribution in [0, 0.1) is 5.92 Å². The normalized spacial score (nSPS) is 19.7. The minimum Gasteiger partial charge on any atom is -0.496 e. The fourth-order valence-corrected chi connectivity index (χ4v) is 5.01. The Bertz CT molecular complexity index is 1180. The van der Waals surface area contributed by atoms with Gasteiger partial charge in [0.15, 0.2) is 0 Å². The molecule has 1 N–H and O–H groups in total. The molecule has 176 valence electrons. The van der Waals surface area contributed by atoms with Gasteiger partial charge in [0.25, 0.3) is 5.91 Å². The number of ether oxygens (including phenoxy) is 2. The summed E-state index contributed by atoms with van der Waals surface area (Å²) >= 11 is 6.50. The Morgan fingerprint density at radius 3 is 2.38 bits per heavy atom. The molecule has 1 aliphatic rings. The average Bonchev–Trinajstić information content (AvgIpc) is 3.23. The number of benzene rings is 3. The van der Waals surface area contributed by atoms with Gasteiger partial charge >= 0.3 is 5.97 Å². The molecule has 6 nitrogen and oxygen atoms in total. The van der Waals surface area contributed by atoms with Gasteiger partial charge in [0, 0.05) is 29.2 Å².